The summed E-state index contributed by atoms with van der Waals surface area (Å²) in [4.78, 5) is 4.25. The zero-order valence-corrected chi connectivity index (χ0v) is 13.1. The zero-order valence-electron chi connectivity index (χ0n) is 13.1. The van der Waals surface area contributed by atoms with Gasteiger partial charge >= 0.3 is 0 Å². The van der Waals surface area contributed by atoms with Crippen molar-refractivity contribution in [3.8, 4) is 5.88 Å². The van der Waals surface area contributed by atoms with Gasteiger partial charge in [0.15, 0.2) is 0 Å². The molecule has 2 unspecified atom stereocenters. The predicted molar refractivity (Wildman–Crippen MR) is 82.8 cm³/mol. The lowest BCUT2D eigenvalue weighted by atomic mass is 9.89. The molecule has 3 heteroatoms. The van der Waals surface area contributed by atoms with E-state index < -0.39 is 0 Å². The van der Waals surface area contributed by atoms with Crippen molar-refractivity contribution in [1.82, 2.24) is 10.3 Å². The van der Waals surface area contributed by atoms with Gasteiger partial charge < -0.3 is 10.1 Å². The van der Waals surface area contributed by atoms with Crippen molar-refractivity contribution < 1.29 is 4.74 Å². The third-order valence-electron chi connectivity index (χ3n) is 4.58. The van der Waals surface area contributed by atoms with Gasteiger partial charge in [0.2, 0.25) is 5.88 Å². The molecular weight excluding hydrogens is 248 g/mol. The fourth-order valence-electron chi connectivity index (χ4n) is 3.20. The van der Waals surface area contributed by atoms with Crippen LogP contribution in [0.3, 0.4) is 0 Å². The summed E-state index contributed by atoms with van der Waals surface area (Å²) >= 11 is 0. The Hall–Kier alpha value is -1.09. The Balaban J connectivity index is 1.85. The van der Waals surface area contributed by atoms with Crippen LogP contribution >= 0.6 is 0 Å². The van der Waals surface area contributed by atoms with Gasteiger partial charge in [0.1, 0.15) is 0 Å². The third kappa shape index (κ3) is 4.20. The van der Waals surface area contributed by atoms with Crippen molar-refractivity contribution in [3.05, 3.63) is 23.9 Å². The van der Waals surface area contributed by atoms with Crippen LogP contribution in [0.2, 0.25) is 0 Å². The molecule has 1 heterocycles. The number of methoxy groups -OCH3 is 1. The van der Waals surface area contributed by atoms with Crippen molar-refractivity contribution in [3.63, 3.8) is 0 Å². The summed E-state index contributed by atoms with van der Waals surface area (Å²) in [6, 6.07) is 4.71. The van der Waals surface area contributed by atoms with Crippen molar-refractivity contribution in [2.45, 2.75) is 58.5 Å². The van der Waals surface area contributed by atoms with Gasteiger partial charge in [-0.1, -0.05) is 32.8 Å². The molecule has 0 amide bonds. The van der Waals surface area contributed by atoms with Crippen LogP contribution in [0.1, 0.15) is 51.5 Å². The van der Waals surface area contributed by atoms with Crippen LogP contribution in [-0.2, 0) is 6.54 Å². The summed E-state index contributed by atoms with van der Waals surface area (Å²) in [6.07, 6.45) is 8.48. The molecule has 1 aromatic heterocycles. The van der Waals surface area contributed by atoms with Gasteiger partial charge in [-0.3, -0.25) is 0 Å². The van der Waals surface area contributed by atoms with Crippen molar-refractivity contribution in [2.75, 3.05) is 7.11 Å². The van der Waals surface area contributed by atoms with Gasteiger partial charge in [-0.25, -0.2) is 4.98 Å². The van der Waals surface area contributed by atoms with E-state index in [-0.39, 0.29) is 0 Å². The molecule has 1 N–H and O–H groups in total. The van der Waals surface area contributed by atoms with Gasteiger partial charge in [-0.15, -0.1) is 0 Å². The second-order valence-corrected chi connectivity index (χ2v) is 6.26. The number of nitrogens with one attached hydrogen (secondary N) is 1. The maximum absolute atomic E-state index is 5.31. The average Bonchev–Trinajstić information content (AvgIpc) is 2.71. The van der Waals surface area contributed by atoms with E-state index in [1.807, 2.05) is 6.07 Å². The highest BCUT2D eigenvalue weighted by atomic mass is 16.5. The molecule has 0 bridgehead atoms. The van der Waals surface area contributed by atoms with Crippen LogP contribution in [0.5, 0.6) is 5.88 Å². The second-order valence-electron chi connectivity index (χ2n) is 6.26. The number of ether oxygens (including phenoxy) is 1. The maximum Gasteiger partial charge on any atom is 0.217 e. The molecule has 2 atom stereocenters. The molecule has 1 fully saturated rings. The Kier molecular flexibility index (Phi) is 5.84. The van der Waals surface area contributed by atoms with E-state index in [0.717, 1.165) is 29.8 Å². The highest BCUT2D eigenvalue weighted by Crippen LogP contribution is 2.29. The first-order chi connectivity index (χ1) is 9.70. The van der Waals surface area contributed by atoms with Gasteiger partial charge in [0, 0.05) is 24.3 Å². The highest BCUT2D eigenvalue weighted by molar-refractivity contribution is 5.25. The van der Waals surface area contributed by atoms with Gasteiger partial charge in [-0.2, -0.15) is 0 Å². The van der Waals surface area contributed by atoms with Crippen LogP contribution in [0, 0.1) is 11.8 Å². The van der Waals surface area contributed by atoms with E-state index in [1.165, 1.54) is 32.1 Å². The summed E-state index contributed by atoms with van der Waals surface area (Å²) in [5, 5.41) is 3.69. The fourth-order valence-corrected chi connectivity index (χ4v) is 3.20. The fraction of sp³-hybridized carbons (Fsp3) is 0.706. The third-order valence-corrected chi connectivity index (χ3v) is 4.58. The van der Waals surface area contributed by atoms with Crippen LogP contribution in [0.25, 0.3) is 0 Å². The first kappa shape index (κ1) is 15.3. The van der Waals surface area contributed by atoms with E-state index in [4.69, 9.17) is 4.74 Å². The molecule has 112 valence electrons. The summed E-state index contributed by atoms with van der Waals surface area (Å²) < 4.78 is 5.31. The Morgan fingerprint density at radius 1 is 1.30 bits per heavy atom. The van der Waals surface area contributed by atoms with E-state index in [0.29, 0.717) is 6.04 Å². The maximum atomic E-state index is 5.31. The standard InChI is InChI=1S/C17H28N2O/c1-13(2)14-6-4-8-16(10-9-14)19-12-15-7-5-11-18-17(15)20-3/h5,7,11,13-14,16,19H,4,6,8-10,12H2,1-3H3. The van der Waals surface area contributed by atoms with Crippen LogP contribution < -0.4 is 10.1 Å². The molecule has 1 aliphatic rings. The first-order valence-electron chi connectivity index (χ1n) is 7.92. The molecule has 0 spiro atoms. The lowest BCUT2D eigenvalue weighted by Gasteiger charge is -2.19. The average molecular weight is 276 g/mol. The smallest absolute Gasteiger partial charge is 0.217 e. The lowest BCUT2D eigenvalue weighted by Crippen LogP contribution is -2.28. The van der Waals surface area contributed by atoms with Crippen molar-refractivity contribution >= 4 is 0 Å². The van der Waals surface area contributed by atoms with E-state index in [2.05, 4.69) is 30.2 Å². The number of hydrogen-bond acceptors (Lipinski definition) is 3. The minimum Gasteiger partial charge on any atom is -0.481 e. The van der Waals surface area contributed by atoms with E-state index in [9.17, 15) is 0 Å². The van der Waals surface area contributed by atoms with Crippen LogP contribution in [0.4, 0.5) is 0 Å². The molecule has 20 heavy (non-hydrogen) atoms. The largest absolute Gasteiger partial charge is 0.481 e. The summed E-state index contributed by atoms with van der Waals surface area (Å²) in [5.74, 6) is 2.48. The predicted octanol–water partition coefficient (Wildman–Crippen LogP) is 3.78. The quantitative estimate of drug-likeness (QED) is 0.831. The first-order valence-corrected chi connectivity index (χ1v) is 7.92. The topological polar surface area (TPSA) is 34.1 Å². The minimum atomic E-state index is 0.642. The van der Waals surface area contributed by atoms with Crippen molar-refractivity contribution in [2.24, 2.45) is 11.8 Å². The molecule has 0 saturated heterocycles. The zero-order chi connectivity index (χ0) is 14.4. The van der Waals surface area contributed by atoms with E-state index in [1.54, 1.807) is 13.3 Å². The number of pyridine rings is 1. The van der Waals surface area contributed by atoms with E-state index >= 15 is 0 Å². The summed E-state index contributed by atoms with van der Waals surface area (Å²) in [6.45, 7) is 5.58. The molecule has 2 rings (SSSR count). The van der Waals surface area contributed by atoms with Crippen LogP contribution in [-0.4, -0.2) is 18.1 Å². The summed E-state index contributed by atoms with van der Waals surface area (Å²) in [7, 11) is 1.69. The molecule has 0 radical (unpaired) electrons. The Morgan fingerprint density at radius 3 is 2.90 bits per heavy atom. The molecule has 3 nitrogen and oxygen atoms in total. The highest BCUT2D eigenvalue weighted by Gasteiger charge is 2.20. The van der Waals surface area contributed by atoms with Gasteiger partial charge in [0.25, 0.3) is 0 Å². The van der Waals surface area contributed by atoms with Gasteiger partial charge in [-0.05, 0) is 37.2 Å². The SMILES string of the molecule is COc1ncccc1CNC1CCCC(C(C)C)CC1. The summed E-state index contributed by atoms with van der Waals surface area (Å²) in [5.41, 5.74) is 1.15. The molecule has 0 aromatic carbocycles. The molecule has 1 saturated carbocycles. The number of rotatable bonds is 5. The minimum absolute atomic E-state index is 0.642. The molecule has 1 aliphatic carbocycles. The lowest BCUT2D eigenvalue weighted by molar-refractivity contribution is 0.337. The second kappa shape index (κ2) is 7.63. The Bertz CT molecular complexity index is 406. The molecule has 1 aromatic rings. The number of hydrogen-bond donors (Lipinski definition) is 1. The number of aromatic nitrogens is 1. The molecular formula is C17H28N2O. The van der Waals surface area contributed by atoms with Crippen LogP contribution in [0.15, 0.2) is 18.3 Å². The Morgan fingerprint density at radius 2 is 2.15 bits per heavy atom. The normalized spacial score (nSPS) is 23.6. The molecule has 0 aliphatic heterocycles. The van der Waals surface area contributed by atoms with Gasteiger partial charge in [0.05, 0.1) is 7.11 Å². The monoisotopic (exact) mass is 276 g/mol. The van der Waals surface area contributed by atoms with Crippen molar-refractivity contribution in [1.29, 1.82) is 0 Å². The Labute approximate surface area is 123 Å². The number of nitrogens with zero attached hydrogens (tertiary/aromatic N) is 1.